The largest absolute Gasteiger partial charge is 0.508 e. The van der Waals surface area contributed by atoms with Gasteiger partial charge in [0.05, 0.1) is 18.8 Å². The van der Waals surface area contributed by atoms with Crippen molar-refractivity contribution in [3.63, 3.8) is 0 Å². The molecule has 41 heavy (non-hydrogen) atoms. The molecule has 2 unspecified atom stereocenters. The molecular weight excluding hydrogens is 546 g/mol. The number of nitrogens with one attached hydrogen (secondary N) is 1. The molecule has 0 aliphatic carbocycles. The molecular formula is C30H32F2N6O2S. The fourth-order valence-electron chi connectivity index (χ4n) is 5.83. The molecule has 4 aromatic rings. The molecule has 8 nitrogen and oxygen atoms in total. The van der Waals surface area contributed by atoms with E-state index in [1.807, 2.05) is 29.4 Å². The van der Waals surface area contributed by atoms with Gasteiger partial charge in [-0.15, -0.1) is 16.9 Å². The number of nitrogens with zero attached hydrogens (tertiary/aromatic N) is 5. The van der Waals surface area contributed by atoms with Crippen molar-refractivity contribution in [2.24, 2.45) is 0 Å². The summed E-state index contributed by atoms with van der Waals surface area (Å²) in [4.78, 5) is 22.6. The van der Waals surface area contributed by atoms with Gasteiger partial charge in [0, 0.05) is 37.0 Å². The maximum atomic E-state index is 14.7. The van der Waals surface area contributed by atoms with Crippen molar-refractivity contribution in [1.29, 1.82) is 0 Å². The Morgan fingerprint density at radius 2 is 1.98 bits per heavy atom. The Morgan fingerprint density at radius 3 is 2.76 bits per heavy atom. The minimum Gasteiger partial charge on any atom is -0.508 e. The molecule has 0 spiro atoms. The number of halogens is 2. The van der Waals surface area contributed by atoms with E-state index in [9.17, 15) is 18.7 Å². The smallest absolute Gasteiger partial charge is 0.271 e. The molecule has 0 saturated carbocycles. The highest BCUT2D eigenvalue weighted by Crippen LogP contribution is 2.38. The first kappa shape index (κ1) is 27.5. The highest BCUT2D eigenvalue weighted by Gasteiger charge is 2.35. The van der Waals surface area contributed by atoms with E-state index in [-0.39, 0.29) is 42.5 Å². The number of thioether (sulfide) groups is 1. The average Bonchev–Trinajstić information content (AvgIpc) is 3.57. The van der Waals surface area contributed by atoms with Crippen LogP contribution in [0.4, 0.5) is 14.6 Å². The second-order valence-corrected chi connectivity index (χ2v) is 11.6. The highest BCUT2D eigenvalue weighted by molar-refractivity contribution is 7.98. The number of phenolic OH excluding ortho intramolecular Hbond substituents is 1. The molecule has 2 saturated heterocycles. The molecule has 2 aromatic heterocycles. The zero-order valence-corrected chi connectivity index (χ0v) is 23.5. The van der Waals surface area contributed by atoms with Crippen LogP contribution in [0.3, 0.4) is 0 Å². The molecule has 2 aliphatic rings. The summed E-state index contributed by atoms with van der Waals surface area (Å²) >= 11 is 1.44. The van der Waals surface area contributed by atoms with Crippen LogP contribution in [0.1, 0.15) is 46.9 Å². The van der Waals surface area contributed by atoms with Crippen LogP contribution in [0.2, 0.25) is 0 Å². The molecule has 6 rings (SSSR count). The number of phenols is 1. The Morgan fingerprint density at radius 1 is 1.15 bits per heavy atom. The van der Waals surface area contributed by atoms with E-state index in [1.54, 1.807) is 24.3 Å². The number of alkyl halides is 1. The van der Waals surface area contributed by atoms with E-state index >= 15 is 0 Å². The summed E-state index contributed by atoms with van der Waals surface area (Å²) in [7, 11) is 0. The van der Waals surface area contributed by atoms with Crippen LogP contribution in [0.5, 0.6) is 5.75 Å². The minimum atomic E-state index is -1.08. The number of rotatable bonds is 7. The van der Waals surface area contributed by atoms with Crippen LogP contribution >= 0.6 is 11.8 Å². The number of benzene rings is 2. The summed E-state index contributed by atoms with van der Waals surface area (Å²) in [5.74, 6) is 0.156. The van der Waals surface area contributed by atoms with Gasteiger partial charge >= 0.3 is 0 Å². The minimum absolute atomic E-state index is 0.0190. The highest BCUT2D eigenvalue weighted by atomic mass is 32.2. The summed E-state index contributed by atoms with van der Waals surface area (Å²) in [5.41, 5.74) is 2.59. The summed E-state index contributed by atoms with van der Waals surface area (Å²) in [5, 5.41) is 17.6. The van der Waals surface area contributed by atoms with Crippen LogP contribution in [-0.4, -0.2) is 68.6 Å². The number of carbonyl (C=O) groups is 1. The van der Waals surface area contributed by atoms with Crippen molar-refractivity contribution < 1.29 is 18.7 Å². The number of likely N-dealkylation sites (tertiary alicyclic amines) is 1. The first-order chi connectivity index (χ1) is 19.9. The number of aromatic hydroxyl groups is 1. The van der Waals surface area contributed by atoms with Crippen LogP contribution in [-0.2, 0) is 6.54 Å². The molecule has 2 aromatic carbocycles. The zero-order valence-electron chi connectivity index (χ0n) is 22.7. The van der Waals surface area contributed by atoms with Gasteiger partial charge in [-0.05, 0) is 72.7 Å². The normalized spacial score (nSPS) is 20.1. The third-order valence-corrected chi connectivity index (χ3v) is 8.59. The van der Waals surface area contributed by atoms with Gasteiger partial charge < -0.3 is 15.3 Å². The number of anilines is 1. The Bertz CT molecular complexity index is 1560. The van der Waals surface area contributed by atoms with E-state index in [4.69, 9.17) is 5.10 Å². The van der Waals surface area contributed by atoms with Crippen molar-refractivity contribution in [3.8, 4) is 5.75 Å². The third kappa shape index (κ3) is 6.01. The summed E-state index contributed by atoms with van der Waals surface area (Å²) < 4.78 is 30.5. The number of amides is 1. The molecule has 11 heteroatoms. The predicted octanol–water partition coefficient (Wildman–Crippen LogP) is 4.98. The number of hydrogen-bond donors (Lipinski definition) is 2. The molecule has 214 valence electrons. The van der Waals surface area contributed by atoms with Crippen molar-refractivity contribution >= 4 is 29.1 Å². The summed E-state index contributed by atoms with van der Waals surface area (Å²) in [6.45, 7) is 2.54. The molecule has 2 N–H and O–H groups in total. The van der Waals surface area contributed by atoms with Crippen molar-refractivity contribution in [2.45, 2.75) is 49.0 Å². The van der Waals surface area contributed by atoms with Crippen LogP contribution < -0.4 is 10.2 Å². The quantitative estimate of drug-likeness (QED) is 0.299. The molecule has 0 radical (unpaired) electrons. The predicted molar refractivity (Wildman–Crippen MR) is 155 cm³/mol. The second-order valence-electron chi connectivity index (χ2n) is 10.7. The van der Waals surface area contributed by atoms with Gasteiger partial charge in [0.25, 0.3) is 5.91 Å². The number of piperidine rings is 1. The van der Waals surface area contributed by atoms with Crippen LogP contribution in [0.25, 0.3) is 5.65 Å². The Hall–Kier alpha value is -3.70. The van der Waals surface area contributed by atoms with Gasteiger partial charge in [-0.3, -0.25) is 9.69 Å². The topological polar surface area (TPSA) is 86.0 Å². The first-order valence-electron chi connectivity index (χ1n) is 13.8. The summed E-state index contributed by atoms with van der Waals surface area (Å²) in [6.07, 6.45) is 4.15. The van der Waals surface area contributed by atoms with E-state index in [1.165, 1.54) is 34.6 Å². The van der Waals surface area contributed by atoms with Gasteiger partial charge in [0.1, 0.15) is 23.6 Å². The van der Waals surface area contributed by atoms with Gasteiger partial charge in [-0.1, -0.05) is 12.1 Å². The fourth-order valence-corrected chi connectivity index (χ4v) is 6.31. The Kier molecular flexibility index (Phi) is 7.81. The van der Waals surface area contributed by atoms with E-state index in [0.29, 0.717) is 22.7 Å². The van der Waals surface area contributed by atoms with Gasteiger partial charge in [-0.2, -0.15) is 0 Å². The zero-order chi connectivity index (χ0) is 28.5. The van der Waals surface area contributed by atoms with Crippen molar-refractivity contribution in [2.75, 3.05) is 30.8 Å². The van der Waals surface area contributed by atoms with Gasteiger partial charge in [0.2, 0.25) is 0 Å². The molecule has 0 bridgehead atoms. The Balaban J connectivity index is 1.16. The van der Waals surface area contributed by atoms with Crippen molar-refractivity contribution in [3.05, 3.63) is 83.4 Å². The lowest BCUT2D eigenvalue weighted by atomic mass is 10.0. The third-order valence-electron chi connectivity index (χ3n) is 7.88. The first-order valence-corrected chi connectivity index (χ1v) is 15.0. The van der Waals surface area contributed by atoms with Crippen molar-refractivity contribution in [1.82, 2.24) is 24.8 Å². The van der Waals surface area contributed by atoms with E-state index in [2.05, 4.69) is 15.2 Å². The van der Waals surface area contributed by atoms with E-state index in [0.717, 1.165) is 42.9 Å². The number of hydrogen-bond acceptors (Lipinski definition) is 7. The maximum Gasteiger partial charge on any atom is 0.271 e. The lowest BCUT2D eigenvalue weighted by Gasteiger charge is -2.32. The number of fused-ring (bicyclic) bond motifs is 1. The number of carbonyl (C=O) groups excluding carboxylic acids is 1. The molecule has 4 heterocycles. The molecule has 2 atom stereocenters. The van der Waals surface area contributed by atoms with Gasteiger partial charge in [0.15, 0.2) is 11.3 Å². The lowest BCUT2D eigenvalue weighted by Crippen LogP contribution is -2.44. The van der Waals surface area contributed by atoms with Crippen LogP contribution in [0, 0.1) is 5.82 Å². The number of imidazole rings is 1. The van der Waals surface area contributed by atoms with Gasteiger partial charge in [-0.25, -0.2) is 18.3 Å². The Labute approximate surface area is 241 Å². The van der Waals surface area contributed by atoms with E-state index < -0.39 is 6.17 Å². The lowest BCUT2D eigenvalue weighted by molar-refractivity contribution is 0.0901. The van der Waals surface area contributed by atoms with Crippen LogP contribution in [0.15, 0.2) is 65.7 Å². The molecule has 2 aliphatic heterocycles. The molecule has 2 fully saturated rings. The number of aromatic nitrogens is 3. The SMILES string of the molecule is CSc1cc(F)cc(C2CC(F)CN2c2ccc3ncc(C(=O)NC4CCN(Cc5cccc(O)c5)CC4)n3n2)c1. The fraction of sp³-hybridized carbons (Fsp3) is 0.367. The monoisotopic (exact) mass is 578 g/mol. The summed E-state index contributed by atoms with van der Waals surface area (Å²) in [6, 6.07) is 15.3. The second kappa shape index (κ2) is 11.7. The average molecular weight is 579 g/mol. The molecule has 1 amide bonds. The standard InChI is InChI=1S/C30H32F2N6O2S/c1-41-25-13-20(12-21(31)14-25)26-15-22(32)18-37(26)29-6-5-28-33-16-27(38(28)35-29)30(40)34-23-7-9-36(10-8-23)17-19-3-2-4-24(39)11-19/h2-6,11-14,16,22-23,26,39H,7-10,15,17-18H2,1H3,(H,34,40). The maximum absolute atomic E-state index is 14.7.